The molecule has 8 aromatic rings. The monoisotopic (exact) mass is 744 g/mol. The number of aromatic nitrogens is 8. The number of benzene rings is 5. The zero-order valence-electron chi connectivity index (χ0n) is 28.3. The highest BCUT2D eigenvalue weighted by molar-refractivity contribution is 9.10. The minimum atomic E-state index is -0.878. The molecule has 0 amide bonds. The van der Waals surface area contributed by atoms with Gasteiger partial charge < -0.3 is 0 Å². The maximum absolute atomic E-state index is 13.6. The standard InChI is InChI=1S/C42H33BrN8O/c1-2-14-37-46-39-38(45-36(43)27-44-39)41(52)50(37)28-29-23-25-30(26-24-29)34-21-12-13-22-35(34)40-47-48-49-51(40)42(31-15-6-3-7-16-31,32-17-8-4-9-18-32)33-19-10-5-11-20-33/h3-13,15-27H,2,14,28H2,1H3. The van der Waals surface area contributed by atoms with Crippen LogP contribution in [-0.2, 0) is 18.5 Å². The average molecular weight is 746 g/mol. The first-order valence-corrected chi connectivity index (χ1v) is 17.9. The fourth-order valence-corrected chi connectivity index (χ4v) is 7.26. The number of halogens is 1. The number of rotatable bonds is 10. The van der Waals surface area contributed by atoms with Crippen molar-refractivity contribution in [3.05, 3.63) is 189 Å². The first kappa shape index (κ1) is 33.0. The third-order valence-corrected chi connectivity index (χ3v) is 9.71. The molecular weight excluding hydrogens is 712 g/mol. The van der Waals surface area contributed by atoms with E-state index >= 15 is 0 Å². The molecule has 9 nitrogen and oxygen atoms in total. The molecule has 0 fully saturated rings. The molecule has 10 heteroatoms. The molecule has 0 aliphatic rings. The molecule has 0 saturated heterocycles. The van der Waals surface area contributed by atoms with Crippen LogP contribution in [0.4, 0.5) is 0 Å². The van der Waals surface area contributed by atoms with Gasteiger partial charge in [0.1, 0.15) is 16.0 Å². The van der Waals surface area contributed by atoms with Crippen LogP contribution in [0.1, 0.15) is 41.4 Å². The molecule has 3 heterocycles. The molecule has 0 bridgehead atoms. The molecule has 52 heavy (non-hydrogen) atoms. The molecule has 0 saturated carbocycles. The SMILES string of the molecule is CCCc1nc2ncc(Br)nc2c(=O)n1Cc1ccc(-c2ccccc2-c2nnnn2C(c2ccccc2)(c2ccccc2)c2ccccc2)cc1. The van der Waals surface area contributed by atoms with E-state index in [9.17, 15) is 4.79 Å². The molecule has 0 radical (unpaired) electrons. The lowest BCUT2D eigenvalue weighted by Crippen LogP contribution is -2.39. The van der Waals surface area contributed by atoms with Gasteiger partial charge in [0, 0.05) is 12.0 Å². The number of hydrogen-bond donors (Lipinski definition) is 0. The van der Waals surface area contributed by atoms with Gasteiger partial charge in [0.15, 0.2) is 17.0 Å². The van der Waals surface area contributed by atoms with Crippen LogP contribution >= 0.6 is 15.9 Å². The molecule has 254 valence electrons. The highest BCUT2D eigenvalue weighted by Gasteiger charge is 2.42. The highest BCUT2D eigenvalue weighted by Crippen LogP contribution is 2.43. The molecule has 5 aromatic carbocycles. The van der Waals surface area contributed by atoms with Gasteiger partial charge in [-0.3, -0.25) is 9.36 Å². The Labute approximate surface area is 308 Å². The van der Waals surface area contributed by atoms with Crippen molar-refractivity contribution in [1.82, 2.24) is 39.7 Å². The third-order valence-electron chi connectivity index (χ3n) is 9.33. The predicted octanol–water partition coefficient (Wildman–Crippen LogP) is 8.11. The number of nitrogens with zero attached hydrogens (tertiary/aromatic N) is 8. The van der Waals surface area contributed by atoms with Crippen molar-refractivity contribution >= 4 is 27.1 Å². The fraction of sp³-hybridized carbons (Fsp3) is 0.119. The van der Waals surface area contributed by atoms with E-state index < -0.39 is 5.54 Å². The zero-order valence-corrected chi connectivity index (χ0v) is 29.9. The lowest BCUT2D eigenvalue weighted by atomic mass is 9.77. The molecule has 0 atom stereocenters. The summed E-state index contributed by atoms with van der Waals surface area (Å²) in [6.07, 6.45) is 3.06. The van der Waals surface area contributed by atoms with Crippen LogP contribution in [0.25, 0.3) is 33.7 Å². The molecule has 0 N–H and O–H groups in total. The summed E-state index contributed by atoms with van der Waals surface area (Å²) < 4.78 is 4.16. The van der Waals surface area contributed by atoms with E-state index in [1.807, 2.05) is 35.0 Å². The molecule has 0 spiro atoms. The summed E-state index contributed by atoms with van der Waals surface area (Å²) in [5, 5.41) is 13.8. The van der Waals surface area contributed by atoms with Gasteiger partial charge in [0.25, 0.3) is 5.56 Å². The van der Waals surface area contributed by atoms with Crippen LogP contribution in [0.2, 0.25) is 0 Å². The molecular formula is C42H33BrN8O. The highest BCUT2D eigenvalue weighted by atomic mass is 79.9. The normalized spacial score (nSPS) is 11.6. The van der Waals surface area contributed by atoms with Crippen LogP contribution in [-0.4, -0.2) is 39.7 Å². The number of tetrazole rings is 1. The topological polar surface area (TPSA) is 104 Å². The molecule has 8 rings (SSSR count). The van der Waals surface area contributed by atoms with Crippen LogP contribution in [0.15, 0.2) is 155 Å². The van der Waals surface area contributed by atoms with Gasteiger partial charge >= 0.3 is 0 Å². The van der Waals surface area contributed by atoms with Crippen LogP contribution in [0, 0.1) is 0 Å². The Morgan fingerprint density at radius 2 is 1.27 bits per heavy atom. The van der Waals surface area contributed by atoms with Crippen molar-refractivity contribution in [2.75, 3.05) is 0 Å². The van der Waals surface area contributed by atoms with Gasteiger partial charge in [-0.1, -0.05) is 146 Å². The van der Waals surface area contributed by atoms with E-state index in [0.29, 0.717) is 34.9 Å². The summed E-state index contributed by atoms with van der Waals surface area (Å²) in [7, 11) is 0. The first-order chi connectivity index (χ1) is 25.6. The maximum atomic E-state index is 13.6. The summed E-state index contributed by atoms with van der Waals surface area (Å²) in [6.45, 7) is 2.43. The van der Waals surface area contributed by atoms with Crippen LogP contribution < -0.4 is 5.56 Å². The number of hydrogen-bond acceptors (Lipinski definition) is 7. The van der Waals surface area contributed by atoms with E-state index in [1.165, 1.54) is 0 Å². The fourth-order valence-electron chi connectivity index (χ4n) is 6.98. The summed E-state index contributed by atoms with van der Waals surface area (Å²) in [5.41, 5.74) is 6.43. The van der Waals surface area contributed by atoms with Gasteiger partial charge in [-0.25, -0.2) is 19.6 Å². The van der Waals surface area contributed by atoms with Gasteiger partial charge in [-0.15, -0.1) is 5.10 Å². The molecule has 0 unspecified atom stereocenters. The van der Waals surface area contributed by atoms with E-state index in [1.54, 1.807) is 10.8 Å². The Morgan fingerprint density at radius 3 is 1.87 bits per heavy atom. The Morgan fingerprint density at radius 1 is 0.692 bits per heavy atom. The zero-order chi connectivity index (χ0) is 35.5. The Kier molecular flexibility index (Phi) is 9.05. The van der Waals surface area contributed by atoms with Crippen molar-refractivity contribution in [2.24, 2.45) is 0 Å². The molecule has 0 aliphatic heterocycles. The minimum Gasteiger partial charge on any atom is -0.290 e. The summed E-state index contributed by atoms with van der Waals surface area (Å²) in [6, 6.07) is 47.6. The lowest BCUT2D eigenvalue weighted by Gasteiger charge is -2.36. The van der Waals surface area contributed by atoms with Crippen molar-refractivity contribution in [1.29, 1.82) is 0 Å². The minimum absolute atomic E-state index is 0.206. The smallest absolute Gasteiger partial charge is 0.282 e. The van der Waals surface area contributed by atoms with E-state index in [4.69, 9.17) is 15.3 Å². The molecule has 0 aliphatic carbocycles. The van der Waals surface area contributed by atoms with Crippen molar-refractivity contribution in [2.45, 2.75) is 31.8 Å². The van der Waals surface area contributed by atoms with Crippen molar-refractivity contribution in [3.8, 4) is 22.5 Å². The van der Waals surface area contributed by atoms with E-state index in [2.05, 4.69) is 147 Å². The summed E-state index contributed by atoms with van der Waals surface area (Å²) >= 11 is 3.34. The quantitative estimate of drug-likeness (QED) is 0.130. The van der Waals surface area contributed by atoms with Crippen LogP contribution in [0.3, 0.4) is 0 Å². The van der Waals surface area contributed by atoms with Gasteiger partial charge in [0.05, 0.1) is 12.7 Å². The number of fused-ring (bicyclic) bond motifs is 1. The summed E-state index contributed by atoms with van der Waals surface area (Å²) in [4.78, 5) is 27.1. The van der Waals surface area contributed by atoms with Gasteiger partial charge in [-0.2, -0.15) is 0 Å². The van der Waals surface area contributed by atoms with E-state index in [0.717, 1.165) is 45.4 Å². The average Bonchev–Trinajstić information content (AvgIpc) is 3.69. The van der Waals surface area contributed by atoms with Gasteiger partial charge in [0.2, 0.25) is 0 Å². The maximum Gasteiger partial charge on any atom is 0.282 e. The lowest BCUT2D eigenvalue weighted by molar-refractivity contribution is 0.451. The Hall–Kier alpha value is -6.13. The van der Waals surface area contributed by atoms with Crippen molar-refractivity contribution < 1.29 is 0 Å². The van der Waals surface area contributed by atoms with Gasteiger partial charge in [-0.05, 0) is 66.2 Å². The second-order valence-electron chi connectivity index (χ2n) is 12.5. The predicted molar refractivity (Wildman–Crippen MR) is 206 cm³/mol. The molecule has 3 aromatic heterocycles. The first-order valence-electron chi connectivity index (χ1n) is 17.1. The van der Waals surface area contributed by atoms with Crippen LogP contribution in [0.5, 0.6) is 0 Å². The van der Waals surface area contributed by atoms with E-state index in [-0.39, 0.29) is 11.1 Å². The largest absolute Gasteiger partial charge is 0.290 e. The second-order valence-corrected chi connectivity index (χ2v) is 13.3. The Balaban J connectivity index is 1.23. The van der Waals surface area contributed by atoms with Crippen molar-refractivity contribution in [3.63, 3.8) is 0 Å². The second kappa shape index (κ2) is 14.2. The summed E-state index contributed by atoms with van der Waals surface area (Å²) in [5.74, 6) is 1.32. The Bertz CT molecular complexity index is 2440. The third kappa shape index (κ3) is 5.90. The number of aryl methyl sites for hydroxylation is 1.